The van der Waals surface area contributed by atoms with Gasteiger partial charge in [-0.05, 0) is 31.2 Å². The molecule has 1 saturated heterocycles. The lowest BCUT2D eigenvalue weighted by Gasteiger charge is -2.34. The summed E-state index contributed by atoms with van der Waals surface area (Å²) in [6.45, 7) is 7.43. The van der Waals surface area contributed by atoms with Crippen LogP contribution in [-0.2, 0) is 15.1 Å². The van der Waals surface area contributed by atoms with Gasteiger partial charge in [-0.2, -0.15) is 0 Å². The Morgan fingerprint density at radius 3 is 2.74 bits per heavy atom. The van der Waals surface area contributed by atoms with Gasteiger partial charge >= 0.3 is 0 Å². The van der Waals surface area contributed by atoms with Crippen molar-refractivity contribution in [3.05, 3.63) is 35.9 Å². The minimum Gasteiger partial charge on any atom is -0.385 e. The summed E-state index contributed by atoms with van der Waals surface area (Å²) >= 11 is 0. The average molecular weight is 319 g/mol. The SMILES string of the molecule is CC(C)[C@@H]1OCCC[C@@H]1CNC(=O)C[C@@](C)(O)c1ccccc1. The first-order valence-corrected chi connectivity index (χ1v) is 8.56. The van der Waals surface area contributed by atoms with Gasteiger partial charge in [-0.15, -0.1) is 0 Å². The third-order valence-corrected chi connectivity index (χ3v) is 4.61. The van der Waals surface area contributed by atoms with E-state index < -0.39 is 5.60 Å². The summed E-state index contributed by atoms with van der Waals surface area (Å²) in [5, 5.41) is 13.5. The van der Waals surface area contributed by atoms with Crippen LogP contribution < -0.4 is 5.32 Å². The molecule has 4 heteroatoms. The zero-order valence-electron chi connectivity index (χ0n) is 14.4. The highest BCUT2D eigenvalue weighted by molar-refractivity contribution is 5.77. The van der Waals surface area contributed by atoms with Crippen LogP contribution in [0.15, 0.2) is 30.3 Å². The molecule has 1 amide bonds. The molecule has 1 aromatic rings. The lowest BCUT2D eigenvalue weighted by Crippen LogP contribution is -2.42. The number of hydrogen-bond donors (Lipinski definition) is 2. The van der Waals surface area contributed by atoms with Gasteiger partial charge in [-0.3, -0.25) is 4.79 Å². The molecule has 1 fully saturated rings. The third kappa shape index (κ3) is 5.05. The summed E-state index contributed by atoms with van der Waals surface area (Å²) in [6.07, 6.45) is 2.40. The zero-order valence-corrected chi connectivity index (χ0v) is 14.4. The van der Waals surface area contributed by atoms with Crippen LogP contribution in [0.4, 0.5) is 0 Å². The Morgan fingerprint density at radius 1 is 1.39 bits per heavy atom. The number of carbonyl (C=O) groups excluding carboxylic acids is 1. The highest BCUT2D eigenvalue weighted by Gasteiger charge is 2.30. The molecule has 0 bridgehead atoms. The summed E-state index contributed by atoms with van der Waals surface area (Å²) < 4.78 is 5.85. The molecule has 2 rings (SSSR count). The molecule has 2 N–H and O–H groups in total. The average Bonchev–Trinajstić information content (AvgIpc) is 2.53. The second-order valence-electron chi connectivity index (χ2n) is 7.10. The number of amides is 1. The second-order valence-corrected chi connectivity index (χ2v) is 7.10. The van der Waals surface area contributed by atoms with E-state index in [0.29, 0.717) is 18.4 Å². The van der Waals surface area contributed by atoms with Gasteiger partial charge in [0.15, 0.2) is 0 Å². The van der Waals surface area contributed by atoms with Crippen molar-refractivity contribution in [2.45, 2.75) is 51.7 Å². The van der Waals surface area contributed by atoms with Crippen LogP contribution >= 0.6 is 0 Å². The Balaban J connectivity index is 1.87. The summed E-state index contributed by atoms with van der Waals surface area (Å²) in [7, 11) is 0. The number of carbonyl (C=O) groups is 1. The van der Waals surface area contributed by atoms with Gasteiger partial charge in [-0.25, -0.2) is 0 Å². The Morgan fingerprint density at radius 2 is 2.09 bits per heavy atom. The van der Waals surface area contributed by atoms with Gasteiger partial charge in [0, 0.05) is 19.1 Å². The van der Waals surface area contributed by atoms with E-state index in [9.17, 15) is 9.90 Å². The first kappa shape index (κ1) is 18.0. The van der Waals surface area contributed by atoms with Crippen LogP contribution in [0.2, 0.25) is 0 Å². The highest BCUT2D eigenvalue weighted by atomic mass is 16.5. The fraction of sp³-hybridized carbons (Fsp3) is 0.632. The number of hydrogen-bond acceptors (Lipinski definition) is 3. The summed E-state index contributed by atoms with van der Waals surface area (Å²) in [5.41, 5.74) is -0.387. The van der Waals surface area contributed by atoms with Crippen LogP contribution in [0.5, 0.6) is 0 Å². The van der Waals surface area contributed by atoms with E-state index in [-0.39, 0.29) is 18.4 Å². The topological polar surface area (TPSA) is 58.6 Å². The third-order valence-electron chi connectivity index (χ3n) is 4.61. The molecule has 0 spiro atoms. The van der Waals surface area contributed by atoms with Crippen molar-refractivity contribution in [1.82, 2.24) is 5.32 Å². The molecule has 128 valence electrons. The number of ether oxygens (including phenoxy) is 1. The molecule has 1 aliphatic rings. The van der Waals surface area contributed by atoms with Crippen molar-refractivity contribution >= 4 is 5.91 Å². The molecular weight excluding hydrogens is 290 g/mol. The first-order valence-electron chi connectivity index (χ1n) is 8.56. The first-order chi connectivity index (χ1) is 10.9. The Bertz CT molecular complexity index is 499. The van der Waals surface area contributed by atoms with Gasteiger partial charge in [0.25, 0.3) is 0 Å². The summed E-state index contributed by atoms with van der Waals surface area (Å²) in [4.78, 5) is 12.2. The molecule has 0 saturated carbocycles. The van der Waals surface area contributed by atoms with Crippen molar-refractivity contribution in [2.24, 2.45) is 11.8 Å². The molecule has 1 aliphatic heterocycles. The Hall–Kier alpha value is -1.39. The lowest BCUT2D eigenvalue weighted by atomic mass is 9.87. The normalized spacial score (nSPS) is 24.2. The molecule has 1 heterocycles. The predicted molar refractivity (Wildman–Crippen MR) is 90.9 cm³/mol. The molecule has 23 heavy (non-hydrogen) atoms. The van der Waals surface area contributed by atoms with Crippen LogP contribution in [0, 0.1) is 11.8 Å². The smallest absolute Gasteiger partial charge is 0.223 e. The minimum atomic E-state index is -1.15. The second kappa shape index (κ2) is 7.93. The fourth-order valence-corrected chi connectivity index (χ4v) is 3.34. The van der Waals surface area contributed by atoms with Crippen LogP contribution in [0.3, 0.4) is 0 Å². The molecule has 1 aromatic carbocycles. The van der Waals surface area contributed by atoms with Gasteiger partial charge in [0.2, 0.25) is 5.91 Å². The highest BCUT2D eigenvalue weighted by Crippen LogP contribution is 2.27. The van der Waals surface area contributed by atoms with E-state index in [2.05, 4.69) is 19.2 Å². The van der Waals surface area contributed by atoms with Crippen molar-refractivity contribution in [2.75, 3.05) is 13.2 Å². The monoisotopic (exact) mass is 319 g/mol. The van der Waals surface area contributed by atoms with E-state index in [1.54, 1.807) is 6.92 Å². The molecule has 0 aromatic heterocycles. The summed E-state index contributed by atoms with van der Waals surface area (Å²) in [5.74, 6) is 0.686. The molecule has 0 radical (unpaired) electrons. The number of rotatable bonds is 6. The maximum Gasteiger partial charge on any atom is 0.223 e. The Kier molecular flexibility index (Phi) is 6.19. The van der Waals surface area contributed by atoms with Gasteiger partial charge < -0.3 is 15.2 Å². The molecule has 4 nitrogen and oxygen atoms in total. The number of aliphatic hydroxyl groups is 1. The van der Waals surface area contributed by atoms with Gasteiger partial charge in [0.05, 0.1) is 18.1 Å². The van der Waals surface area contributed by atoms with E-state index >= 15 is 0 Å². The molecule has 3 atom stereocenters. The van der Waals surface area contributed by atoms with E-state index in [0.717, 1.165) is 25.0 Å². The van der Waals surface area contributed by atoms with Crippen molar-refractivity contribution in [3.8, 4) is 0 Å². The van der Waals surface area contributed by atoms with Crippen LogP contribution in [0.25, 0.3) is 0 Å². The quantitative estimate of drug-likeness (QED) is 0.847. The molecule has 0 unspecified atom stereocenters. The predicted octanol–water partition coefficient (Wildman–Crippen LogP) is 2.85. The van der Waals surface area contributed by atoms with E-state index in [1.807, 2.05) is 30.3 Å². The Labute approximate surface area is 139 Å². The minimum absolute atomic E-state index is 0.0664. The fourth-order valence-electron chi connectivity index (χ4n) is 3.34. The standard InChI is InChI=1S/C19H29NO3/c1-14(2)18-15(8-7-11-23-18)13-20-17(21)12-19(3,22)16-9-5-4-6-10-16/h4-6,9-10,14-15,18,22H,7-8,11-13H2,1-3H3,(H,20,21)/t15-,18+,19-/m1/s1. The zero-order chi connectivity index (χ0) is 16.9. The largest absolute Gasteiger partial charge is 0.385 e. The number of benzene rings is 1. The lowest BCUT2D eigenvalue weighted by molar-refractivity contribution is -0.126. The number of nitrogens with one attached hydrogen (secondary N) is 1. The van der Waals surface area contributed by atoms with Crippen molar-refractivity contribution in [1.29, 1.82) is 0 Å². The van der Waals surface area contributed by atoms with Gasteiger partial charge in [-0.1, -0.05) is 44.2 Å². The maximum absolute atomic E-state index is 12.2. The summed E-state index contributed by atoms with van der Waals surface area (Å²) in [6, 6.07) is 9.32. The molecular formula is C19H29NO3. The van der Waals surface area contributed by atoms with Crippen molar-refractivity contribution < 1.29 is 14.6 Å². The van der Waals surface area contributed by atoms with Gasteiger partial charge in [0.1, 0.15) is 0 Å². The van der Waals surface area contributed by atoms with Crippen LogP contribution in [0.1, 0.15) is 45.6 Å². The molecule has 0 aliphatic carbocycles. The van der Waals surface area contributed by atoms with Crippen LogP contribution in [-0.4, -0.2) is 30.3 Å². The van der Waals surface area contributed by atoms with E-state index in [1.165, 1.54) is 0 Å². The van der Waals surface area contributed by atoms with Crippen molar-refractivity contribution in [3.63, 3.8) is 0 Å². The maximum atomic E-state index is 12.2. The van der Waals surface area contributed by atoms with E-state index in [4.69, 9.17) is 4.74 Å².